The zero-order chi connectivity index (χ0) is 20.5. The van der Waals surface area contributed by atoms with Crippen molar-refractivity contribution in [2.24, 2.45) is 0 Å². The summed E-state index contributed by atoms with van der Waals surface area (Å²) in [5.74, 6) is 3.97. The summed E-state index contributed by atoms with van der Waals surface area (Å²) in [6.45, 7) is 5.66. The molecule has 1 unspecified atom stereocenters. The zero-order valence-corrected chi connectivity index (χ0v) is 16.1. The highest BCUT2D eigenvalue weighted by Crippen LogP contribution is 2.28. The molecule has 1 amide bonds. The molecule has 0 aliphatic carbocycles. The molecule has 1 atom stereocenters. The number of benzene rings is 2. The topological polar surface area (TPSA) is 84.9 Å². The number of carbonyl (C=O) groups is 2. The lowest BCUT2D eigenvalue weighted by molar-refractivity contribution is -0.136. The number of hydrogen-bond donors (Lipinski definition) is 2. The van der Waals surface area contributed by atoms with E-state index in [1.54, 1.807) is 19.9 Å². The predicted molar refractivity (Wildman–Crippen MR) is 106 cm³/mol. The number of rotatable bonds is 5. The van der Waals surface area contributed by atoms with Crippen molar-refractivity contribution in [2.75, 3.05) is 11.9 Å². The van der Waals surface area contributed by atoms with Gasteiger partial charge in [0.15, 0.2) is 0 Å². The van der Waals surface area contributed by atoms with Gasteiger partial charge in [0.2, 0.25) is 0 Å². The number of amides is 1. The van der Waals surface area contributed by atoms with E-state index in [4.69, 9.17) is 9.47 Å². The molecule has 146 valence electrons. The maximum absolute atomic E-state index is 12.2. The van der Waals surface area contributed by atoms with E-state index < -0.39 is 18.2 Å². The van der Waals surface area contributed by atoms with Gasteiger partial charge in [0.05, 0.1) is 12.3 Å². The summed E-state index contributed by atoms with van der Waals surface area (Å²) in [4.78, 5) is 23.6. The van der Waals surface area contributed by atoms with Gasteiger partial charge in [-0.1, -0.05) is 53.9 Å². The number of carbonyl (C=O) groups excluding carboxylic acids is 2. The Morgan fingerprint density at radius 3 is 2.54 bits per heavy atom. The Morgan fingerprint density at radius 2 is 1.86 bits per heavy atom. The van der Waals surface area contributed by atoms with E-state index in [0.29, 0.717) is 11.3 Å². The molecule has 0 bridgehead atoms. The van der Waals surface area contributed by atoms with Gasteiger partial charge in [-0.3, -0.25) is 5.32 Å². The summed E-state index contributed by atoms with van der Waals surface area (Å²) in [6.07, 6.45) is -1.92. The summed E-state index contributed by atoms with van der Waals surface area (Å²) < 4.78 is 9.97. The molecule has 0 radical (unpaired) electrons. The third-order valence-corrected chi connectivity index (χ3v) is 3.83. The molecular weight excluding hydrogens is 358 g/mol. The van der Waals surface area contributed by atoms with Crippen LogP contribution in [0.1, 0.15) is 35.3 Å². The Balaban J connectivity index is 2.16. The van der Waals surface area contributed by atoms with Crippen molar-refractivity contribution in [1.82, 2.24) is 0 Å². The van der Waals surface area contributed by atoms with Gasteiger partial charge >= 0.3 is 12.1 Å². The Kier molecular flexibility index (Phi) is 7.61. The van der Waals surface area contributed by atoms with Crippen molar-refractivity contribution in [3.63, 3.8) is 0 Å². The van der Waals surface area contributed by atoms with Crippen LogP contribution in [0.4, 0.5) is 10.5 Å². The second kappa shape index (κ2) is 10.1. The van der Waals surface area contributed by atoms with Gasteiger partial charge < -0.3 is 14.6 Å². The fraction of sp³-hybridized carbons (Fsp3) is 0.273. The molecule has 0 saturated carbocycles. The van der Waals surface area contributed by atoms with Crippen LogP contribution in [0.15, 0.2) is 42.5 Å². The van der Waals surface area contributed by atoms with Crippen LogP contribution in [-0.4, -0.2) is 23.8 Å². The van der Waals surface area contributed by atoms with Crippen LogP contribution in [0.25, 0.3) is 0 Å². The second-order valence-corrected chi connectivity index (χ2v) is 6.13. The van der Waals surface area contributed by atoms with E-state index in [1.165, 1.54) is 0 Å². The van der Waals surface area contributed by atoms with E-state index >= 15 is 0 Å². The molecule has 6 heteroatoms. The summed E-state index contributed by atoms with van der Waals surface area (Å²) >= 11 is 0. The van der Waals surface area contributed by atoms with Crippen LogP contribution >= 0.6 is 0 Å². The molecule has 0 saturated heterocycles. The minimum absolute atomic E-state index is 0.123. The zero-order valence-electron chi connectivity index (χ0n) is 16.1. The molecule has 6 nitrogen and oxygen atoms in total. The third kappa shape index (κ3) is 6.15. The molecule has 0 fully saturated rings. The number of aryl methyl sites for hydroxylation is 2. The van der Waals surface area contributed by atoms with Crippen LogP contribution in [0.2, 0.25) is 0 Å². The number of nitrogens with one attached hydrogen (secondary N) is 1. The summed E-state index contributed by atoms with van der Waals surface area (Å²) in [5, 5.41) is 13.1. The normalized spacial score (nSPS) is 11.0. The Morgan fingerprint density at radius 1 is 1.14 bits per heavy atom. The van der Waals surface area contributed by atoms with Crippen molar-refractivity contribution in [1.29, 1.82) is 0 Å². The third-order valence-electron chi connectivity index (χ3n) is 3.83. The SMILES string of the molecule is CCOC(=O)C#CC(O)c1cc(C)cc(C)c1NC(=O)OCc1ccccc1. The number of ether oxygens (including phenoxy) is 2. The van der Waals surface area contributed by atoms with E-state index in [9.17, 15) is 14.7 Å². The van der Waals surface area contributed by atoms with Crippen molar-refractivity contribution < 1.29 is 24.2 Å². The molecule has 2 aromatic rings. The van der Waals surface area contributed by atoms with E-state index in [-0.39, 0.29) is 13.2 Å². The molecule has 0 aromatic heterocycles. The maximum atomic E-state index is 12.2. The molecule has 2 N–H and O–H groups in total. The minimum Gasteiger partial charge on any atom is -0.456 e. The van der Waals surface area contributed by atoms with Crippen LogP contribution in [-0.2, 0) is 20.9 Å². The highest BCUT2D eigenvalue weighted by atomic mass is 16.5. The molecule has 2 aromatic carbocycles. The lowest BCUT2D eigenvalue weighted by Crippen LogP contribution is -2.17. The molecule has 0 heterocycles. The lowest BCUT2D eigenvalue weighted by Gasteiger charge is -2.16. The highest BCUT2D eigenvalue weighted by molar-refractivity contribution is 5.89. The van der Waals surface area contributed by atoms with Crippen LogP contribution < -0.4 is 5.32 Å². The van der Waals surface area contributed by atoms with E-state index in [1.807, 2.05) is 43.3 Å². The first-order valence-corrected chi connectivity index (χ1v) is 8.86. The fourth-order valence-electron chi connectivity index (χ4n) is 2.62. The maximum Gasteiger partial charge on any atom is 0.411 e. The van der Waals surface area contributed by atoms with Crippen molar-refractivity contribution in [2.45, 2.75) is 33.5 Å². The van der Waals surface area contributed by atoms with Gasteiger partial charge in [-0.05, 0) is 31.9 Å². The van der Waals surface area contributed by atoms with Gasteiger partial charge in [0.25, 0.3) is 0 Å². The van der Waals surface area contributed by atoms with E-state index in [0.717, 1.165) is 16.7 Å². The first kappa shape index (κ1) is 21.0. The Labute approximate surface area is 164 Å². The number of anilines is 1. The highest BCUT2D eigenvalue weighted by Gasteiger charge is 2.17. The monoisotopic (exact) mass is 381 g/mol. The minimum atomic E-state index is -1.27. The smallest absolute Gasteiger partial charge is 0.411 e. The average Bonchev–Trinajstić information content (AvgIpc) is 2.67. The van der Waals surface area contributed by atoms with Gasteiger partial charge in [-0.15, -0.1) is 0 Å². The quantitative estimate of drug-likeness (QED) is 0.469. The standard InChI is InChI=1S/C22H23NO5/c1-4-27-20(25)11-10-19(24)18-13-15(2)12-16(3)21(18)23-22(26)28-14-17-8-6-5-7-9-17/h5-9,12-13,19,24H,4,14H2,1-3H3,(H,23,26). The number of aliphatic hydroxyl groups is 1. The first-order valence-electron chi connectivity index (χ1n) is 8.86. The lowest BCUT2D eigenvalue weighted by atomic mass is 10.00. The van der Waals surface area contributed by atoms with E-state index in [2.05, 4.69) is 17.2 Å². The molecule has 28 heavy (non-hydrogen) atoms. The first-order chi connectivity index (χ1) is 13.4. The van der Waals surface area contributed by atoms with Crippen molar-refractivity contribution in [3.8, 4) is 11.8 Å². The molecule has 2 rings (SSSR count). The summed E-state index contributed by atoms with van der Waals surface area (Å²) in [6, 6.07) is 12.9. The van der Waals surface area contributed by atoms with Gasteiger partial charge in [0, 0.05) is 11.5 Å². The van der Waals surface area contributed by atoms with Gasteiger partial charge in [-0.2, -0.15) is 0 Å². The Hall–Kier alpha value is -3.30. The van der Waals surface area contributed by atoms with Crippen molar-refractivity contribution >= 4 is 17.7 Å². The summed E-state index contributed by atoms with van der Waals surface area (Å²) in [5.41, 5.74) is 3.26. The van der Waals surface area contributed by atoms with Crippen LogP contribution in [0.5, 0.6) is 0 Å². The number of aliphatic hydroxyl groups excluding tert-OH is 1. The number of esters is 1. The molecule has 0 spiro atoms. The molecule has 0 aliphatic rings. The van der Waals surface area contributed by atoms with Crippen molar-refractivity contribution in [3.05, 3.63) is 64.7 Å². The molecular formula is C22H23NO5. The number of hydrogen-bond acceptors (Lipinski definition) is 5. The van der Waals surface area contributed by atoms with Gasteiger partial charge in [0.1, 0.15) is 12.7 Å². The second-order valence-electron chi connectivity index (χ2n) is 6.13. The average molecular weight is 381 g/mol. The summed E-state index contributed by atoms with van der Waals surface area (Å²) in [7, 11) is 0. The fourth-order valence-corrected chi connectivity index (χ4v) is 2.62. The molecule has 0 aliphatic heterocycles. The predicted octanol–water partition coefficient (Wildman–Crippen LogP) is 3.65. The van der Waals surface area contributed by atoms with Crippen LogP contribution in [0, 0.1) is 25.7 Å². The Bertz CT molecular complexity index is 896. The van der Waals surface area contributed by atoms with Gasteiger partial charge in [-0.25, -0.2) is 9.59 Å². The largest absolute Gasteiger partial charge is 0.456 e. The van der Waals surface area contributed by atoms with Crippen LogP contribution in [0.3, 0.4) is 0 Å².